The van der Waals surface area contributed by atoms with Crippen LogP contribution < -0.4 is 5.32 Å². The van der Waals surface area contributed by atoms with Crippen molar-refractivity contribution in [1.29, 1.82) is 0 Å². The second-order valence-electron chi connectivity index (χ2n) is 5.10. The Morgan fingerprint density at radius 2 is 1.91 bits per heavy atom. The minimum atomic E-state index is -0.621. The van der Waals surface area contributed by atoms with Gasteiger partial charge in [-0.25, -0.2) is 4.39 Å². The Balaban J connectivity index is 1.79. The zero-order chi connectivity index (χ0) is 16.2. The molecule has 0 radical (unpaired) electrons. The average Bonchev–Trinajstić information content (AvgIpc) is 2.56. The van der Waals surface area contributed by atoms with Crippen molar-refractivity contribution in [2.45, 2.75) is 11.0 Å². The van der Waals surface area contributed by atoms with Gasteiger partial charge in [0.1, 0.15) is 5.82 Å². The Bertz CT molecular complexity index is 699. The van der Waals surface area contributed by atoms with Crippen LogP contribution in [0.2, 0.25) is 5.02 Å². The molecule has 0 bridgehead atoms. The quantitative estimate of drug-likeness (QED) is 0.765. The maximum Gasteiger partial charge on any atom is 0.260 e. The Labute approximate surface area is 148 Å². The number of amides is 1. The number of hydrogen-bond donors (Lipinski definition) is 1. The number of nitrogens with one attached hydrogen (secondary N) is 1. The van der Waals surface area contributed by atoms with Gasteiger partial charge in [-0.3, -0.25) is 4.79 Å². The average molecular weight is 368 g/mol. The van der Waals surface area contributed by atoms with Gasteiger partial charge in [-0.2, -0.15) is 0 Å². The van der Waals surface area contributed by atoms with E-state index in [4.69, 9.17) is 11.6 Å². The van der Waals surface area contributed by atoms with Gasteiger partial charge in [0.15, 0.2) is 0 Å². The zero-order valence-corrected chi connectivity index (χ0v) is 14.6. The van der Waals surface area contributed by atoms with Gasteiger partial charge in [-0.05, 0) is 47.8 Å². The summed E-state index contributed by atoms with van der Waals surface area (Å²) in [5, 5.41) is 2.85. The molecule has 0 saturated carbocycles. The van der Waals surface area contributed by atoms with Crippen LogP contribution in [0.25, 0.3) is 0 Å². The molecule has 2 aromatic carbocycles. The van der Waals surface area contributed by atoms with E-state index in [-0.39, 0.29) is 10.6 Å². The van der Waals surface area contributed by atoms with Crippen molar-refractivity contribution >= 4 is 46.7 Å². The van der Waals surface area contributed by atoms with Crippen molar-refractivity contribution in [1.82, 2.24) is 0 Å². The number of benzene rings is 2. The summed E-state index contributed by atoms with van der Waals surface area (Å²) in [6.07, 6.45) is 1.23. The predicted octanol–water partition coefficient (Wildman–Crippen LogP) is 5.60. The molecule has 120 valence electrons. The Morgan fingerprint density at radius 3 is 2.65 bits per heavy atom. The maximum atomic E-state index is 13.8. The molecule has 2 nitrogen and oxygen atoms in total. The van der Waals surface area contributed by atoms with Crippen LogP contribution >= 0.6 is 35.1 Å². The summed E-state index contributed by atoms with van der Waals surface area (Å²) in [7, 11) is 0. The third-order valence-corrected chi connectivity index (χ3v) is 6.76. The molecule has 0 spiro atoms. The van der Waals surface area contributed by atoms with Gasteiger partial charge in [0.2, 0.25) is 0 Å². The van der Waals surface area contributed by atoms with Crippen molar-refractivity contribution in [3.63, 3.8) is 0 Å². The van der Waals surface area contributed by atoms with Crippen LogP contribution in [0.3, 0.4) is 0 Å². The third-order valence-electron chi connectivity index (χ3n) is 3.43. The molecular weight excluding hydrogens is 353 g/mol. The summed E-state index contributed by atoms with van der Waals surface area (Å²) in [6.45, 7) is 0. The molecule has 2 aromatic rings. The highest BCUT2D eigenvalue weighted by molar-refractivity contribution is 8.16. The van der Waals surface area contributed by atoms with Crippen LogP contribution in [0.5, 0.6) is 0 Å². The van der Waals surface area contributed by atoms with E-state index >= 15 is 0 Å². The number of anilines is 1. The standard InChI is InChI=1S/C17H15ClFNOS2/c18-13-6-2-7-14(19)15(13)16(21)20-12-5-1-4-11(10-12)17-22-8-3-9-23-17/h1-2,4-7,10,17H,3,8-9H2,(H,20,21). The number of carbonyl (C=O) groups excluding carboxylic acids is 1. The summed E-state index contributed by atoms with van der Waals surface area (Å²) < 4.78 is 14.2. The molecule has 1 amide bonds. The van der Waals surface area contributed by atoms with Crippen molar-refractivity contribution < 1.29 is 9.18 Å². The summed E-state index contributed by atoms with van der Waals surface area (Å²) >= 11 is 9.76. The second-order valence-corrected chi connectivity index (χ2v) is 8.23. The molecule has 1 N–H and O–H groups in total. The molecule has 23 heavy (non-hydrogen) atoms. The highest BCUT2D eigenvalue weighted by Gasteiger charge is 2.19. The smallest absolute Gasteiger partial charge is 0.260 e. The first-order chi connectivity index (χ1) is 11.1. The van der Waals surface area contributed by atoms with Crippen molar-refractivity contribution in [2.75, 3.05) is 16.8 Å². The minimum Gasteiger partial charge on any atom is -0.322 e. The molecule has 0 aliphatic carbocycles. The maximum absolute atomic E-state index is 13.8. The fraction of sp³-hybridized carbons (Fsp3) is 0.235. The Kier molecular flexibility index (Phi) is 5.51. The van der Waals surface area contributed by atoms with Crippen LogP contribution in [0.1, 0.15) is 26.9 Å². The number of hydrogen-bond acceptors (Lipinski definition) is 3. The van der Waals surface area contributed by atoms with Crippen LogP contribution in [-0.4, -0.2) is 17.4 Å². The molecule has 6 heteroatoms. The molecule has 1 aliphatic heterocycles. The lowest BCUT2D eigenvalue weighted by Gasteiger charge is -2.21. The molecule has 3 rings (SSSR count). The van der Waals surface area contributed by atoms with Crippen LogP contribution in [0.15, 0.2) is 42.5 Å². The van der Waals surface area contributed by atoms with Gasteiger partial charge < -0.3 is 5.32 Å². The van der Waals surface area contributed by atoms with Crippen LogP contribution in [-0.2, 0) is 0 Å². The first-order valence-corrected chi connectivity index (χ1v) is 9.71. The summed E-state index contributed by atoms with van der Waals surface area (Å²) in [6, 6.07) is 11.9. The normalized spacial score (nSPS) is 15.4. The molecule has 1 saturated heterocycles. The van der Waals surface area contributed by atoms with Gasteiger partial charge in [0.05, 0.1) is 15.2 Å². The highest BCUT2D eigenvalue weighted by Crippen LogP contribution is 2.44. The monoisotopic (exact) mass is 367 g/mol. The molecule has 0 aromatic heterocycles. The zero-order valence-electron chi connectivity index (χ0n) is 12.2. The van der Waals surface area contributed by atoms with E-state index < -0.39 is 11.7 Å². The first-order valence-electron chi connectivity index (χ1n) is 7.23. The molecule has 1 aliphatic rings. The summed E-state index contributed by atoms with van der Waals surface area (Å²) in [4.78, 5) is 12.3. The van der Waals surface area contributed by atoms with Crippen molar-refractivity contribution in [3.05, 3.63) is 64.4 Å². The van der Waals surface area contributed by atoms with E-state index in [2.05, 4.69) is 11.4 Å². The van der Waals surface area contributed by atoms with E-state index in [9.17, 15) is 9.18 Å². The molecule has 0 unspecified atom stereocenters. The molecular formula is C17H15ClFNOS2. The van der Waals surface area contributed by atoms with E-state index in [1.54, 1.807) is 6.07 Å². The lowest BCUT2D eigenvalue weighted by molar-refractivity contribution is 0.102. The topological polar surface area (TPSA) is 29.1 Å². The van der Waals surface area contributed by atoms with Gasteiger partial charge in [0, 0.05) is 5.69 Å². The number of carbonyl (C=O) groups is 1. The van der Waals surface area contributed by atoms with Crippen molar-refractivity contribution in [2.24, 2.45) is 0 Å². The van der Waals surface area contributed by atoms with E-state index in [0.717, 1.165) is 17.1 Å². The Hall–Kier alpha value is -1.17. The molecule has 0 atom stereocenters. The lowest BCUT2D eigenvalue weighted by Crippen LogP contribution is -2.14. The van der Waals surface area contributed by atoms with Crippen molar-refractivity contribution in [3.8, 4) is 0 Å². The van der Waals surface area contributed by atoms with Crippen LogP contribution in [0.4, 0.5) is 10.1 Å². The van der Waals surface area contributed by atoms with Crippen LogP contribution in [0, 0.1) is 5.82 Å². The summed E-state index contributed by atoms with van der Waals surface area (Å²) in [5.41, 5.74) is 1.69. The molecule has 1 fully saturated rings. The second kappa shape index (κ2) is 7.60. The van der Waals surface area contributed by atoms with Gasteiger partial charge >= 0.3 is 0 Å². The van der Waals surface area contributed by atoms with Gasteiger partial charge in [-0.15, -0.1) is 23.5 Å². The fourth-order valence-electron chi connectivity index (χ4n) is 2.35. The lowest BCUT2D eigenvalue weighted by atomic mass is 10.1. The van der Waals surface area contributed by atoms with E-state index in [1.165, 1.54) is 24.6 Å². The number of halogens is 2. The number of thioether (sulfide) groups is 2. The fourth-order valence-corrected chi connectivity index (χ4v) is 5.47. The Morgan fingerprint density at radius 1 is 1.17 bits per heavy atom. The first kappa shape index (κ1) is 16.7. The molecule has 1 heterocycles. The number of rotatable bonds is 3. The van der Waals surface area contributed by atoms with Gasteiger partial charge in [-0.1, -0.05) is 29.8 Å². The van der Waals surface area contributed by atoms with Gasteiger partial charge in [0.25, 0.3) is 5.91 Å². The summed E-state index contributed by atoms with van der Waals surface area (Å²) in [5.74, 6) is 1.15. The van der Waals surface area contributed by atoms with E-state index in [1.807, 2.05) is 35.7 Å². The predicted molar refractivity (Wildman–Crippen MR) is 98.1 cm³/mol. The van der Waals surface area contributed by atoms with E-state index in [0.29, 0.717) is 10.3 Å². The largest absolute Gasteiger partial charge is 0.322 e. The third kappa shape index (κ3) is 4.03. The minimum absolute atomic E-state index is 0.108. The highest BCUT2D eigenvalue weighted by atomic mass is 35.5. The SMILES string of the molecule is O=C(Nc1cccc(C2SCCCS2)c1)c1c(F)cccc1Cl.